The van der Waals surface area contributed by atoms with Crippen molar-refractivity contribution in [3.63, 3.8) is 0 Å². The highest BCUT2D eigenvalue weighted by molar-refractivity contribution is 5.98. The van der Waals surface area contributed by atoms with E-state index in [0.29, 0.717) is 31.5 Å². The number of aryl methyl sites for hydroxylation is 2. The topological polar surface area (TPSA) is 209 Å². The van der Waals surface area contributed by atoms with Crippen molar-refractivity contribution in [2.24, 2.45) is 0 Å². The number of carbonyl (C=O) groups excluding carboxylic acids is 5. The van der Waals surface area contributed by atoms with E-state index in [1.54, 1.807) is 37.3 Å². The first kappa shape index (κ1) is 36.5. The lowest BCUT2D eigenvalue weighted by molar-refractivity contribution is -0.132. The van der Waals surface area contributed by atoms with Gasteiger partial charge in [0.2, 0.25) is 17.7 Å². The minimum absolute atomic E-state index is 0.0550. The molecule has 0 aliphatic carbocycles. The minimum Gasteiger partial charge on any atom is -0.384 e. The highest BCUT2D eigenvalue weighted by Crippen LogP contribution is 2.21. The Kier molecular flexibility index (Phi) is 11.3. The summed E-state index contributed by atoms with van der Waals surface area (Å²) in [6.45, 7) is 4.43. The number of para-hydroxylation sites is 1. The zero-order valence-corrected chi connectivity index (χ0v) is 29.8. The van der Waals surface area contributed by atoms with Gasteiger partial charge in [-0.05, 0) is 68.1 Å². The lowest BCUT2D eigenvalue weighted by Crippen LogP contribution is -2.55. The van der Waals surface area contributed by atoms with E-state index < -0.39 is 29.8 Å². The first-order valence-electron chi connectivity index (χ1n) is 17.8. The van der Waals surface area contributed by atoms with Gasteiger partial charge in [-0.25, -0.2) is 9.97 Å². The Morgan fingerprint density at radius 1 is 0.887 bits per heavy atom. The van der Waals surface area contributed by atoms with Crippen LogP contribution in [0.25, 0.3) is 21.9 Å². The van der Waals surface area contributed by atoms with Crippen LogP contribution in [-0.2, 0) is 27.3 Å². The smallest absolute Gasteiger partial charge is 0.273 e. The molecular weight excluding hydrogens is 676 g/mol. The number of carbonyl (C=O) groups is 5. The second kappa shape index (κ2) is 16.4. The van der Waals surface area contributed by atoms with Gasteiger partial charge in [0.25, 0.3) is 11.8 Å². The lowest BCUT2D eigenvalue weighted by atomic mass is 10.0. The van der Waals surface area contributed by atoms with Gasteiger partial charge in [0.1, 0.15) is 29.4 Å². The summed E-state index contributed by atoms with van der Waals surface area (Å²) in [5.74, 6) is -1.38. The molecule has 15 heteroatoms. The third-order valence-electron chi connectivity index (χ3n) is 9.35. The number of pyridine rings is 1. The number of nitrogens with two attached hydrogens (primary N) is 1. The molecule has 5 amide bonds. The maximum absolute atomic E-state index is 13.7. The fourth-order valence-electron chi connectivity index (χ4n) is 6.57. The Balaban J connectivity index is 1.28. The normalized spacial score (nSPS) is 18.5. The van der Waals surface area contributed by atoms with Crippen molar-refractivity contribution in [3.8, 4) is 0 Å². The van der Waals surface area contributed by atoms with Crippen LogP contribution in [0, 0.1) is 6.92 Å². The molecule has 0 radical (unpaired) electrons. The summed E-state index contributed by atoms with van der Waals surface area (Å²) < 4.78 is 2.01. The van der Waals surface area contributed by atoms with Crippen molar-refractivity contribution in [2.45, 2.75) is 58.2 Å². The summed E-state index contributed by atoms with van der Waals surface area (Å²) in [7, 11) is 0. The minimum atomic E-state index is -0.985. The Hall–Kier alpha value is -6.25. The van der Waals surface area contributed by atoms with E-state index in [9.17, 15) is 24.0 Å². The highest BCUT2D eigenvalue weighted by Gasteiger charge is 2.28. The molecule has 2 aromatic carbocycles. The molecule has 2 atom stereocenters. The van der Waals surface area contributed by atoms with E-state index in [0.717, 1.165) is 33.3 Å². The molecule has 0 fully saturated rings. The number of hydrogen-bond donors (Lipinski definition) is 6. The summed E-state index contributed by atoms with van der Waals surface area (Å²) in [6.07, 6.45) is 3.16. The van der Waals surface area contributed by atoms with Crippen molar-refractivity contribution >= 4 is 57.3 Å². The second-order valence-corrected chi connectivity index (χ2v) is 13.1. The number of nitrogens with zero attached hydrogens (tertiary/aromatic N) is 4. The first-order valence-corrected chi connectivity index (χ1v) is 17.8. The van der Waals surface area contributed by atoms with Gasteiger partial charge in [-0.15, -0.1) is 0 Å². The molecule has 1 aliphatic rings. The molecule has 4 heterocycles. The van der Waals surface area contributed by atoms with Crippen LogP contribution in [0.2, 0.25) is 0 Å². The number of amides is 5. The Morgan fingerprint density at radius 3 is 2.49 bits per heavy atom. The molecule has 276 valence electrons. The summed E-state index contributed by atoms with van der Waals surface area (Å²) in [5.41, 5.74) is 9.63. The van der Waals surface area contributed by atoms with Gasteiger partial charge in [0.15, 0.2) is 0 Å². The summed E-state index contributed by atoms with van der Waals surface area (Å²) in [4.78, 5) is 81.0. The first-order chi connectivity index (χ1) is 25.6. The number of H-pyrrole nitrogens is 1. The number of hydrogen-bond acceptors (Lipinski definition) is 8. The Morgan fingerprint density at radius 2 is 1.68 bits per heavy atom. The fraction of sp³-hybridized carbons (Fsp3) is 0.342. The van der Waals surface area contributed by atoms with E-state index in [-0.39, 0.29) is 55.8 Å². The van der Waals surface area contributed by atoms with E-state index >= 15 is 0 Å². The third kappa shape index (κ3) is 8.63. The molecule has 0 saturated carbocycles. The van der Waals surface area contributed by atoms with Gasteiger partial charge in [-0.3, -0.25) is 24.0 Å². The largest absolute Gasteiger partial charge is 0.384 e. The number of rotatable bonds is 4. The number of nitrogens with one attached hydrogen (secondary N) is 5. The van der Waals surface area contributed by atoms with Crippen LogP contribution in [0.4, 0.5) is 5.82 Å². The molecule has 15 nitrogen and oxygen atoms in total. The van der Waals surface area contributed by atoms with Gasteiger partial charge in [0.05, 0.1) is 17.6 Å². The standard InChI is InChI=1S/C38H44N10O5/c1-3-27-37(52)46-31(19-25-21-42-28-10-5-4-9-26(25)28)36(51)41-16-8-18-48-23(2)43-29-14-13-24(20-32(29)48)35(50)40-15-7-17-47(22-34(49)45-27)38(53)30-11-6-12-33(39)44-30/h4-6,9-14,20-21,27,31,42H,3,7-8,15-19,22H2,1-2H3,(H2,39,44)(H,40,50)(H,41,51)(H,45,49)(H,46,52)/t27-,31+/m0/s1. The number of imidazole rings is 1. The molecule has 0 unspecified atom stereocenters. The molecule has 0 saturated heterocycles. The number of nitrogen functional groups attached to an aromatic ring is 1. The molecular formula is C38H44N10O5. The third-order valence-corrected chi connectivity index (χ3v) is 9.35. The predicted octanol–water partition coefficient (Wildman–Crippen LogP) is 2.21. The van der Waals surface area contributed by atoms with E-state index in [4.69, 9.17) is 5.73 Å². The molecule has 53 heavy (non-hydrogen) atoms. The van der Waals surface area contributed by atoms with Crippen molar-refractivity contribution in [1.82, 2.24) is 45.7 Å². The number of fused-ring (bicyclic) bond motifs is 2. The molecule has 0 spiro atoms. The number of aromatic nitrogens is 4. The predicted molar refractivity (Wildman–Crippen MR) is 200 cm³/mol. The van der Waals surface area contributed by atoms with Gasteiger partial charge in [-0.1, -0.05) is 31.2 Å². The average Bonchev–Trinajstić information content (AvgIpc) is 3.71. The van der Waals surface area contributed by atoms with Crippen LogP contribution in [0.15, 0.2) is 66.9 Å². The summed E-state index contributed by atoms with van der Waals surface area (Å²) in [5, 5.41) is 12.4. The van der Waals surface area contributed by atoms with Gasteiger partial charge < -0.3 is 41.5 Å². The van der Waals surface area contributed by atoms with Crippen molar-refractivity contribution in [3.05, 3.63) is 89.5 Å². The SMILES string of the molecule is CC[C@@H]1NC(=O)CN(C(=O)c2cccc(N)n2)CCCNC(=O)c2ccc3nc(C)n(c3c2)CCCNC(=O)[C@@H](Cc2c[nH]c3ccccc23)NC1=O. The van der Waals surface area contributed by atoms with Crippen LogP contribution in [0.5, 0.6) is 0 Å². The zero-order valence-electron chi connectivity index (χ0n) is 29.8. The fourth-order valence-corrected chi connectivity index (χ4v) is 6.57. The molecule has 2 bridgehead atoms. The maximum atomic E-state index is 13.7. The van der Waals surface area contributed by atoms with Crippen molar-refractivity contribution in [1.29, 1.82) is 0 Å². The number of aromatic amines is 1. The maximum Gasteiger partial charge on any atom is 0.273 e. The van der Waals surface area contributed by atoms with E-state index in [1.807, 2.05) is 42.0 Å². The zero-order chi connectivity index (χ0) is 37.5. The van der Waals surface area contributed by atoms with Gasteiger partial charge in [-0.2, -0.15) is 0 Å². The number of benzene rings is 2. The average molecular weight is 721 g/mol. The van der Waals surface area contributed by atoms with Crippen molar-refractivity contribution < 1.29 is 24.0 Å². The molecule has 5 aromatic rings. The summed E-state index contributed by atoms with van der Waals surface area (Å²) in [6, 6.07) is 15.7. The number of anilines is 1. The second-order valence-electron chi connectivity index (χ2n) is 13.1. The van der Waals surface area contributed by atoms with Gasteiger partial charge >= 0.3 is 0 Å². The van der Waals surface area contributed by atoms with Crippen molar-refractivity contribution in [2.75, 3.05) is 31.9 Å². The van der Waals surface area contributed by atoms with Crippen LogP contribution >= 0.6 is 0 Å². The van der Waals surface area contributed by atoms with Gasteiger partial charge in [0, 0.05) is 55.3 Å². The molecule has 6 rings (SSSR count). The molecule has 3 aromatic heterocycles. The van der Waals surface area contributed by atoms with Crippen LogP contribution < -0.4 is 27.0 Å². The van der Waals surface area contributed by atoms with E-state index in [2.05, 4.69) is 36.2 Å². The van der Waals surface area contributed by atoms with Crippen LogP contribution in [0.3, 0.4) is 0 Å². The molecule has 1 aliphatic heterocycles. The lowest BCUT2D eigenvalue weighted by Gasteiger charge is -2.25. The highest BCUT2D eigenvalue weighted by atomic mass is 16.2. The quantitative estimate of drug-likeness (QED) is 0.162. The Bertz CT molecular complexity index is 2160. The monoisotopic (exact) mass is 720 g/mol. The van der Waals surface area contributed by atoms with Crippen LogP contribution in [0.1, 0.15) is 58.4 Å². The summed E-state index contributed by atoms with van der Waals surface area (Å²) >= 11 is 0. The van der Waals surface area contributed by atoms with Crippen LogP contribution in [-0.4, -0.2) is 92.2 Å². The Labute approximate surface area is 306 Å². The van der Waals surface area contributed by atoms with E-state index in [1.165, 1.54) is 11.0 Å². The molecule has 7 N–H and O–H groups in total.